The first-order chi connectivity index (χ1) is 5.22. The average Bonchev–Trinajstić information content (AvgIpc) is 2.19. The molecule has 3 rings (SSSR count). The van der Waals surface area contributed by atoms with E-state index < -0.39 is 0 Å². The van der Waals surface area contributed by atoms with Crippen LogP contribution in [0.3, 0.4) is 0 Å². The van der Waals surface area contributed by atoms with Crippen LogP contribution in [0, 0.1) is 11.8 Å². The maximum absolute atomic E-state index is 3.73. The Labute approximate surface area is 92.2 Å². The Morgan fingerprint density at radius 3 is 2.36 bits per heavy atom. The van der Waals surface area contributed by atoms with Crippen LogP contribution in [-0.2, 0) is 0 Å². The van der Waals surface area contributed by atoms with E-state index in [0.717, 1.165) is 11.8 Å². The number of alkyl halides is 3. The average molecular weight is 345 g/mol. The smallest absolute Gasteiger partial charge is 0.0375 e. The molecule has 1 saturated carbocycles. The van der Waals surface area contributed by atoms with Crippen LogP contribution in [0.1, 0.15) is 6.42 Å². The lowest BCUT2D eigenvalue weighted by atomic mass is 9.73. The van der Waals surface area contributed by atoms with E-state index in [0.29, 0.717) is 14.5 Å². The molecular formula is C8H9Br3. The summed E-state index contributed by atoms with van der Waals surface area (Å²) in [7, 11) is 0. The van der Waals surface area contributed by atoms with Crippen LogP contribution in [-0.4, -0.2) is 14.5 Å². The van der Waals surface area contributed by atoms with Crippen molar-refractivity contribution in [2.24, 2.45) is 11.8 Å². The van der Waals surface area contributed by atoms with E-state index in [-0.39, 0.29) is 0 Å². The van der Waals surface area contributed by atoms with Crippen molar-refractivity contribution in [1.29, 1.82) is 0 Å². The Bertz CT molecular complexity index is 180. The largest absolute Gasteiger partial charge is 0.0883 e. The van der Waals surface area contributed by atoms with Gasteiger partial charge in [-0.1, -0.05) is 59.9 Å². The van der Waals surface area contributed by atoms with Crippen molar-refractivity contribution in [3.8, 4) is 0 Å². The highest BCUT2D eigenvalue weighted by molar-refractivity contribution is 9.11. The molecule has 0 radical (unpaired) electrons. The number of fused-ring (bicyclic) bond motifs is 2. The zero-order chi connectivity index (χ0) is 8.01. The van der Waals surface area contributed by atoms with Crippen LogP contribution in [0.15, 0.2) is 12.2 Å². The van der Waals surface area contributed by atoms with E-state index in [1.54, 1.807) is 0 Å². The van der Waals surface area contributed by atoms with E-state index in [4.69, 9.17) is 0 Å². The van der Waals surface area contributed by atoms with Gasteiger partial charge >= 0.3 is 0 Å². The van der Waals surface area contributed by atoms with Crippen LogP contribution in [0.25, 0.3) is 0 Å². The molecule has 0 aromatic rings. The number of allylic oxidation sites excluding steroid dienone is 2. The molecule has 0 aromatic carbocycles. The number of hydrogen-bond acceptors (Lipinski definition) is 0. The fourth-order valence-electron chi connectivity index (χ4n) is 1.88. The molecule has 11 heavy (non-hydrogen) atoms. The van der Waals surface area contributed by atoms with Gasteiger partial charge in [-0.3, -0.25) is 0 Å². The van der Waals surface area contributed by atoms with E-state index in [1.165, 1.54) is 6.42 Å². The van der Waals surface area contributed by atoms with Crippen LogP contribution in [0.4, 0.5) is 0 Å². The zero-order valence-corrected chi connectivity index (χ0v) is 10.6. The molecule has 5 atom stereocenters. The fraction of sp³-hybridized carbons (Fsp3) is 0.750. The molecule has 62 valence electrons. The van der Waals surface area contributed by atoms with Gasteiger partial charge in [-0.15, -0.1) is 0 Å². The first kappa shape index (κ1) is 8.76. The molecule has 0 heterocycles. The third-order valence-corrected chi connectivity index (χ3v) is 6.14. The van der Waals surface area contributed by atoms with Gasteiger partial charge in [0.2, 0.25) is 0 Å². The maximum atomic E-state index is 3.73. The van der Waals surface area contributed by atoms with Crippen molar-refractivity contribution >= 4 is 47.8 Å². The van der Waals surface area contributed by atoms with Gasteiger partial charge in [-0.05, 0) is 12.3 Å². The zero-order valence-electron chi connectivity index (χ0n) is 5.88. The van der Waals surface area contributed by atoms with Gasteiger partial charge in [0.05, 0.1) is 0 Å². The third kappa shape index (κ3) is 1.28. The minimum atomic E-state index is 0.551. The van der Waals surface area contributed by atoms with Crippen molar-refractivity contribution in [2.75, 3.05) is 0 Å². The molecule has 3 unspecified atom stereocenters. The molecule has 0 N–H and O–H groups in total. The van der Waals surface area contributed by atoms with Crippen LogP contribution in [0.5, 0.6) is 0 Å². The van der Waals surface area contributed by atoms with Gasteiger partial charge in [0.15, 0.2) is 0 Å². The molecule has 3 aliphatic rings. The summed E-state index contributed by atoms with van der Waals surface area (Å²) in [6.45, 7) is 0. The van der Waals surface area contributed by atoms with Crippen LogP contribution in [0.2, 0.25) is 0 Å². The van der Waals surface area contributed by atoms with Crippen LogP contribution < -0.4 is 0 Å². The highest BCUT2D eigenvalue weighted by Gasteiger charge is 2.50. The number of halogens is 3. The Morgan fingerprint density at radius 1 is 1.09 bits per heavy atom. The molecule has 0 aliphatic heterocycles. The highest BCUT2D eigenvalue weighted by Crippen LogP contribution is 2.52. The van der Waals surface area contributed by atoms with E-state index in [9.17, 15) is 0 Å². The molecule has 0 spiro atoms. The summed E-state index contributed by atoms with van der Waals surface area (Å²) in [4.78, 5) is 1.95. The lowest BCUT2D eigenvalue weighted by Gasteiger charge is -2.46. The Morgan fingerprint density at radius 2 is 1.73 bits per heavy atom. The minimum Gasteiger partial charge on any atom is -0.0883 e. The lowest BCUT2D eigenvalue weighted by Crippen LogP contribution is -2.51. The molecule has 3 heteroatoms. The van der Waals surface area contributed by atoms with Crippen molar-refractivity contribution in [1.82, 2.24) is 0 Å². The number of hydrogen-bond donors (Lipinski definition) is 0. The summed E-state index contributed by atoms with van der Waals surface area (Å²) in [6, 6.07) is 0. The van der Waals surface area contributed by atoms with E-state index in [1.807, 2.05) is 0 Å². The van der Waals surface area contributed by atoms with Crippen molar-refractivity contribution in [3.05, 3.63) is 12.2 Å². The monoisotopic (exact) mass is 342 g/mol. The fourth-order valence-corrected chi connectivity index (χ4v) is 6.80. The summed E-state index contributed by atoms with van der Waals surface area (Å²) < 4.78 is 0. The Kier molecular flexibility index (Phi) is 2.51. The Balaban J connectivity index is 2.20. The second-order valence-electron chi connectivity index (χ2n) is 3.24. The summed E-state index contributed by atoms with van der Waals surface area (Å²) in [5, 5.41) is 0. The predicted octanol–water partition coefficient (Wildman–Crippen LogP) is 3.48. The molecule has 0 aromatic heterocycles. The van der Waals surface area contributed by atoms with Crippen molar-refractivity contribution in [2.45, 2.75) is 20.9 Å². The summed E-state index contributed by atoms with van der Waals surface area (Å²) in [5.41, 5.74) is 0. The summed E-state index contributed by atoms with van der Waals surface area (Å²) in [6.07, 6.45) is 5.78. The van der Waals surface area contributed by atoms with Gasteiger partial charge in [0, 0.05) is 20.4 Å². The minimum absolute atomic E-state index is 0.551. The normalized spacial score (nSPS) is 55.0. The van der Waals surface area contributed by atoms with Gasteiger partial charge in [-0.25, -0.2) is 0 Å². The van der Waals surface area contributed by atoms with Crippen molar-refractivity contribution in [3.63, 3.8) is 0 Å². The Hall–Kier alpha value is 1.18. The first-order valence-electron chi connectivity index (χ1n) is 3.80. The van der Waals surface area contributed by atoms with Crippen LogP contribution >= 0.6 is 47.8 Å². The topological polar surface area (TPSA) is 0 Å². The highest BCUT2D eigenvalue weighted by atomic mass is 79.9. The predicted molar refractivity (Wildman–Crippen MR) is 58.9 cm³/mol. The standard InChI is InChI=1S/C8H9Br3/c9-5-3-1-2-4-7(10)6(5)8(4)11/h1,3-8H,2H2/t4?,5-,6?,7-,8?/m0/s1. The molecule has 1 fully saturated rings. The third-order valence-electron chi connectivity index (χ3n) is 2.65. The lowest BCUT2D eigenvalue weighted by molar-refractivity contribution is 0.254. The summed E-state index contributed by atoms with van der Waals surface area (Å²) in [5.74, 6) is 1.54. The molecule has 0 nitrogen and oxygen atoms in total. The van der Waals surface area contributed by atoms with Gasteiger partial charge in [-0.2, -0.15) is 0 Å². The maximum Gasteiger partial charge on any atom is 0.0375 e. The van der Waals surface area contributed by atoms with Gasteiger partial charge in [0.25, 0.3) is 0 Å². The van der Waals surface area contributed by atoms with Crippen molar-refractivity contribution < 1.29 is 0 Å². The molecular weight excluding hydrogens is 336 g/mol. The van der Waals surface area contributed by atoms with E-state index in [2.05, 4.69) is 59.9 Å². The second kappa shape index (κ2) is 3.15. The second-order valence-corrected chi connectivity index (χ2v) is 6.41. The van der Waals surface area contributed by atoms with Gasteiger partial charge < -0.3 is 0 Å². The first-order valence-corrected chi connectivity index (χ1v) is 6.55. The molecule has 2 bridgehead atoms. The SMILES string of the molecule is BrC1C2CC=C[C@H](Br)C1[C@H]2Br. The van der Waals surface area contributed by atoms with Gasteiger partial charge in [0.1, 0.15) is 0 Å². The molecule has 0 saturated heterocycles. The quantitative estimate of drug-likeness (QED) is 0.466. The van der Waals surface area contributed by atoms with E-state index >= 15 is 0 Å². The summed E-state index contributed by atoms with van der Waals surface area (Å²) >= 11 is 11.1. The molecule has 3 aliphatic carbocycles. The number of rotatable bonds is 0. The molecule has 0 amide bonds.